The molecule has 2 aliphatic heterocycles. The number of carbonyl (C=O) groups excluding carboxylic acids is 1. The first-order valence-electron chi connectivity index (χ1n) is 5.78. The van der Waals surface area contributed by atoms with Gasteiger partial charge in [-0.25, -0.2) is 0 Å². The Morgan fingerprint density at radius 3 is 2.78 bits per heavy atom. The molecule has 0 radical (unpaired) electrons. The molecule has 0 aromatic rings. The van der Waals surface area contributed by atoms with Crippen LogP contribution in [0.1, 0.15) is 20.8 Å². The summed E-state index contributed by atoms with van der Waals surface area (Å²) in [5.74, 6) is -1.33. The maximum Gasteiger partial charge on any atom is 0.302 e. The van der Waals surface area contributed by atoms with Gasteiger partial charge in [-0.1, -0.05) is 6.08 Å². The van der Waals surface area contributed by atoms with Gasteiger partial charge < -0.3 is 24.1 Å². The van der Waals surface area contributed by atoms with Crippen molar-refractivity contribution >= 4 is 5.97 Å². The molecule has 6 heteroatoms. The number of fused-ring (bicyclic) bond motifs is 1. The third-order valence-corrected chi connectivity index (χ3v) is 3.06. The summed E-state index contributed by atoms with van der Waals surface area (Å²) in [6, 6.07) is 0. The van der Waals surface area contributed by atoms with Crippen molar-refractivity contribution in [2.75, 3.05) is 6.61 Å². The molecule has 0 aromatic carbocycles. The van der Waals surface area contributed by atoms with Crippen molar-refractivity contribution in [1.82, 2.24) is 0 Å². The SMILES string of the molecule is C=C[C@@H]1OC(O)[C@@]2(COC(C)=O)OC(C)(C)O[C@@H]12. The maximum absolute atomic E-state index is 10.9. The Kier molecular flexibility index (Phi) is 3.23. The molecule has 2 fully saturated rings. The van der Waals surface area contributed by atoms with Gasteiger partial charge in [0.15, 0.2) is 17.7 Å². The molecule has 2 aliphatic rings. The van der Waals surface area contributed by atoms with Crippen molar-refractivity contribution in [1.29, 1.82) is 0 Å². The van der Waals surface area contributed by atoms with Crippen LogP contribution in [0.2, 0.25) is 0 Å². The number of hydrogen-bond donors (Lipinski definition) is 1. The number of esters is 1. The summed E-state index contributed by atoms with van der Waals surface area (Å²) in [6.45, 7) is 8.26. The number of aliphatic hydroxyl groups is 1. The molecular formula is C12H18O6. The predicted molar refractivity (Wildman–Crippen MR) is 60.5 cm³/mol. The Hall–Kier alpha value is -0.950. The second kappa shape index (κ2) is 4.31. The van der Waals surface area contributed by atoms with E-state index in [1.807, 2.05) is 0 Å². The fourth-order valence-corrected chi connectivity index (χ4v) is 2.39. The van der Waals surface area contributed by atoms with Crippen molar-refractivity contribution in [2.45, 2.75) is 50.7 Å². The number of aliphatic hydroxyl groups excluding tert-OH is 1. The van der Waals surface area contributed by atoms with Gasteiger partial charge in [0, 0.05) is 6.92 Å². The van der Waals surface area contributed by atoms with Gasteiger partial charge in [0.05, 0.1) is 0 Å². The van der Waals surface area contributed by atoms with Gasteiger partial charge in [-0.15, -0.1) is 6.58 Å². The Labute approximate surface area is 105 Å². The second-order valence-corrected chi connectivity index (χ2v) is 4.96. The van der Waals surface area contributed by atoms with Crippen LogP contribution in [0, 0.1) is 0 Å². The Morgan fingerprint density at radius 2 is 2.22 bits per heavy atom. The van der Waals surface area contributed by atoms with Crippen molar-refractivity contribution < 1.29 is 28.8 Å². The summed E-state index contributed by atoms with van der Waals surface area (Å²) in [7, 11) is 0. The monoisotopic (exact) mass is 258 g/mol. The minimum atomic E-state index is -1.23. The first kappa shape index (κ1) is 13.5. The average molecular weight is 258 g/mol. The van der Waals surface area contributed by atoms with Crippen molar-refractivity contribution in [3.8, 4) is 0 Å². The van der Waals surface area contributed by atoms with E-state index in [9.17, 15) is 9.90 Å². The van der Waals surface area contributed by atoms with Gasteiger partial charge in [0.2, 0.25) is 0 Å². The molecule has 1 N–H and O–H groups in total. The summed E-state index contributed by atoms with van der Waals surface area (Å²) in [6.07, 6.45) is -0.753. The molecule has 0 spiro atoms. The normalized spacial score (nSPS) is 41.4. The highest BCUT2D eigenvalue weighted by molar-refractivity contribution is 5.66. The van der Waals surface area contributed by atoms with E-state index in [-0.39, 0.29) is 6.61 Å². The van der Waals surface area contributed by atoms with Gasteiger partial charge in [-0.2, -0.15) is 0 Å². The van der Waals surface area contributed by atoms with E-state index in [4.69, 9.17) is 18.9 Å². The molecule has 2 heterocycles. The molecule has 18 heavy (non-hydrogen) atoms. The molecule has 0 saturated carbocycles. The maximum atomic E-state index is 10.9. The smallest absolute Gasteiger partial charge is 0.302 e. The first-order chi connectivity index (χ1) is 8.31. The molecule has 102 valence electrons. The summed E-state index contributed by atoms with van der Waals surface area (Å²) in [4.78, 5) is 10.9. The van der Waals surface area contributed by atoms with E-state index in [0.29, 0.717) is 0 Å². The van der Waals surface area contributed by atoms with Crippen LogP contribution in [0.15, 0.2) is 12.7 Å². The lowest BCUT2D eigenvalue weighted by Crippen LogP contribution is -2.51. The summed E-state index contributed by atoms with van der Waals surface area (Å²) in [5, 5.41) is 10.0. The van der Waals surface area contributed by atoms with E-state index in [0.717, 1.165) is 0 Å². The van der Waals surface area contributed by atoms with Crippen LogP contribution in [0.3, 0.4) is 0 Å². The minimum absolute atomic E-state index is 0.123. The van der Waals surface area contributed by atoms with Crippen LogP contribution in [0.25, 0.3) is 0 Å². The molecular weight excluding hydrogens is 240 g/mol. The van der Waals surface area contributed by atoms with Crippen molar-refractivity contribution in [2.24, 2.45) is 0 Å². The van der Waals surface area contributed by atoms with E-state index in [2.05, 4.69) is 6.58 Å². The van der Waals surface area contributed by atoms with Crippen molar-refractivity contribution in [3.05, 3.63) is 12.7 Å². The Morgan fingerprint density at radius 1 is 1.56 bits per heavy atom. The molecule has 2 rings (SSSR count). The highest BCUT2D eigenvalue weighted by atomic mass is 16.8. The zero-order chi connectivity index (χ0) is 13.6. The van der Waals surface area contributed by atoms with Gasteiger partial charge in [0.25, 0.3) is 0 Å². The van der Waals surface area contributed by atoms with E-state index < -0.39 is 35.9 Å². The quantitative estimate of drug-likeness (QED) is 0.581. The van der Waals surface area contributed by atoms with Crippen molar-refractivity contribution in [3.63, 3.8) is 0 Å². The van der Waals surface area contributed by atoms with Gasteiger partial charge in [0.1, 0.15) is 18.8 Å². The molecule has 6 nitrogen and oxygen atoms in total. The molecule has 0 amide bonds. The number of carbonyl (C=O) groups is 1. The average Bonchev–Trinajstić information content (AvgIpc) is 2.67. The molecule has 4 atom stereocenters. The third kappa shape index (κ3) is 2.05. The largest absolute Gasteiger partial charge is 0.462 e. The predicted octanol–water partition coefficient (Wildman–Crippen LogP) is 0.343. The lowest BCUT2D eigenvalue weighted by molar-refractivity contribution is -0.251. The summed E-state index contributed by atoms with van der Waals surface area (Å²) in [5.41, 5.74) is -1.20. The van der Waals surface area contributed by atoms with Crippen LogP contribution in [-0.4, -0.2) is 47.6 Å². The number of hydrogen-bond acceptors (Lipinski definition) is 6. The second-order valence-electron chi connectivity index (χ2n) is 4.96. The highest BCUT2D eigenvalue weighted by Crippen LogP contribution is 2.46. The molecule has 0 aromatic heterocycles. The fourth-order valence-electron chi connectivity index (χ4n) is 2.39. The lowest BCUT2D eigenvalue weighted by atomic mass is 9.96. The Bertz CT molecular complexity index is 366. The first-order valence-corrected chi connectivity index (χ1v) is 5.78. The zero-order valence-electron chi connectivity index (χ0n) is 10.7. The molecule has 1 unspecified atom stereocenters. The minimum Gasteiger partial charge on any atom is -0.462 e. The van der Waals surface area contributed by atoms with Gasteiger partial charge in [-0.05, 0) is 13.8 Å². The Balaban J connectivity index is 2.26. The topological polar surface area (TPSA) is 74.2 Å². The van der Waals surface area contributed by atoms with Crippen LogP contribution >= 0.6 is 0 Å². The number of ether oxygens (including phenoxy) is 4. The van der Waals surface area contributed by atoms with E-state index in [1.54, 1.807) is 13.8 Å². The number of rotatable bonds is 3. The van der Waals surface area contributed by atoms with Crippen LogP contribution < -0.4 is 0 Å². The van der Waals surface area contributed by atoms with Crippen LogP contribution in [-0.2, 0) is 23.7 Å². The zero-order valence-corrected chi connectivity index (χ0v) is 10.7. The van der Waals surface area contributed by atoms with E-state index >= 15 is 0 Å². The van der Waals surface area contributed by atoms with Gasteiger partial charge >= 0.3 is 5.97 Å². The molecule has 0 bridgehead atoms. The van der Waals surface area contributed by atoms with Crippen LogP contribution in [0.4, 0.5) is 0 Å². The summed E-state index contributed by atoms with van der Waals surface area (Å²) >= 11 is 0. The van der Waals surface area contributed by atoms with Crippen LogP contribution in [0.5, 0.6) is 0 Å². The fraction of sp³-hybridized carbons (Fsp3) is 0.750. The lowest BCUT2D eigenvalue weighted by Gasteiger charge is -2.29. The highest BCUT2D eigenvalue weighted by Gasteiger charge is 2.66. The molecule has 0 aliphatic carbocycles. The standard InChI is InChI=1S/C12H18O6/c1-5-8-9-12(10(14)16-8,6-15-7(2)13)18-11(3,4)17-9/h5,8-10,14H,1,6H2,2-4H3/t8-,9-,10?,12-/m0/s1. The van der Waals surface area contributed by atoms with E-state index in [1.165, 1.54) is 13.0 Å². The van der Waals surface area contributed by atoms with Gasteiger partial charge in [-0.3, -0.25) is 4.79 Å². The molecule has 2 saturated heterocycles. The third-order valence-electron chi connectivity index (χ3n) is 3.06. The summed E-state index contributed by atoms with van der Waals surface area (Å²) < 4.78 is 21.7.